The molecule has 1 heterocycles. The summed E-state index contributed by atoms with van der Waals surface area (Å²) in [6.07, 6.45) is -1.72. The Morgan fingerprint density at radius 1 is 1.06 bits per heavy atom. The monoisotopic (exact) mass is 481 g/mol. The molecule has 1 unspecified atom stereocenters. The van der Waals surface area contributed by atoms with Gasteiger partial charge in [0.2, 0.25) is 0 Å². The van der Waals surface area contributed by atoms with Gasteiger partial charge in [0.05, 0.1) is 13.1 Å². The molecule has 176 valence electrons. The van der Waals surface area contributed by atoms with Crippen LogP contribution >= 0.6 is 11.3 Å². The number of nitrogens with zero attached hydrogens (tertiary/aromatic N) is 1. The highest BCUT2D eigenvalue weighted by atomic mass is 32.1. The van der Waals surface area contributed by atoms with Crippen molar-refractivity contribution in [3.05, 3.63) is 75.7 Å². The number of amides is 2. The fraction of sp³-hybridized carbons (Fsp3) is 0.250. The first-order chi connectivity index (χ1) is 16.5. The number of nitrogens with one attached hydrogen (secondary N) is 2. The van der Waals surface area contributed by atoms with Crippen molar-refractivity contribution in [2.75, 3.05) is 20.3 Å². The Bertz CT molecular complexity index is 1170. The van der Waals surface area contributed by atoms with Crippen LogP contribution in [0.2, 0.25) is 0 Å². The zero-order valence-corrected chi connectivity index (χ0v) is 19.1. The van der Waals surface area contributed by atoms with Crippen LogP contribution in [0.1, 0.15) is 32.5 Å². The maximum Gasteiger partial charge on any atom is 0.407 e. The van der Waals surface area contributed by atoms with Crippen LogP contribution < -0.4 is 10.6 Å². The molecule has 4 rings (SSSR count). The van der Waals surface area contributed by atoms with Gasteiger partial charge in [-0.2, -0.15) is 0 Å². The van der Waals surface area contributed by atoms with Gasteiger partial charge in [-0.1, -0.05) is 48.5 Å². The van der Waals surface area contributed by atoms with Crippen LogP contribution in [0.4, 0.5) is 4.79 Å². The highest BCUT2D eigenvalue weighted by Gasteiger charge is 2.29. The van der Waals surface area contributed by atoms with E-state index in [9.17, 15) is 14.4 Å². The molecule has 1 aromatic heterocycles. The van der Waals surface area contributed by atoms with E-state index in [1.807, 2.05) is 24.3 Å². The van der Waals surface area contributed by atoms with Crippen molar-refractivity contribution in [1.29, 1.82) is 0 Å². The number of carboxylic acids is 1. The lowest BCUT2D eigenvalue weighted by atomic mass is 9.98. The zero-order chi connectivity index (χ0) is 24.1. The number of alkyl carbamates (subject to hydrolysis) is 1. The van der Waals surface area contributed by atoms with Gasteiger partial charge in [0.15, 0.2) is 6.10 Å². The van der Waals surface area contributed by atoms with Crippen LogP contribution in [0.5, 0.6) is 0 Å². The van der Waals surface area contributed by atoms with Crippen LogP contribution in [0.15, 0.2) is 53.9 Å². The molecule has 1 aliphatic carbocycles. The van der Waals surface area contributed by atoms with Crippen molar-refractivity contribution in [1.82, 2.24) is 15.6 Å². The number of aromatic nitrogens is 1. The van der Waals surface area contributed by atoms with E-state index in [4.69, 9.17) is 14.6 Å². The first-order valence-corrected chi connectivity index (χ1v) is 11.4. The van der Waals surface area contributed by atoms with E-state index in [0.717, 1.165) is 22.3 Å². The smallest absolute Gasteiger partial charge is 0.407 e. The maximum atomic E-state index is 12.3. The summed E-state index contributed by atoms with van der Waals surface area (Å²) in [5.74, 6) is -1.73. The number of carbonyl (C=O) groups excluding carboxylic acids is 2. The Morgan fingerprint density at radius 3 is 2.32 bits per heavy atom. The molecule has 9 nitrogen and oxygen atoms in total. The molecular formula is C24H23N3O6S. The highest BCUT2D eigenvalue weighted by molar-refractivity contribution is 7.09. The van der Waals surface area contributed by atoms with Crippen molar-refractivity contribution < 1.29 is 29.0 Å². The lowest BCUT2D eigenvalue weighted by Crippen LogP contribution is -2.38. The Kier molecular flexibility index (Phi) is 7.19. The standard InChI is InChI=1S/C24H23N3O6S/c1-32-20(23(29)30)10-25-22(28)19-13-34-21(27-19)11-26-24(31)33-12-18-16-8-4-2-6-14(16)15-7-3-5-9-17(15)18/h2-9,13,18,20H,10-12H2,1H3,(H,25,28)(H,26,31)(H,29,30). The average Bonchev–Trinajstić information content (AvgIpc) is 3.44. The second-order valence-electron chi connectivity index (χ2n) is 7.58. The molecule has 2 aromatic carbocycles. The molecule has 34 heavy (non-hydrogen) atoms. The van der Waals surface area contributed by atoms with Crippen LogP contribution in [0.25, 0.3) is 11.1 Å². The second-order valence-corrected chi connectivity index (χ2v) is 8.52. The number of methoxy groups -OCH3 is 1. The SMILES string of the molecule is COC(CNC(=O)c1csc(CNC(=O)OCC2c3ccccc3-c3ccccc32)n1)C(=O)O. The van der Waals surface area contributed by atoms with E-state index in [1.165, 1.54) is 23.8 Å². The van der Waals surface area contributed by atoms with Gasteiger partial charge in [-0.3, -0.25) is 4.79 Å². The summed E-state index contributed by atoms with van der Waals surface area (Å²) in [4.78, 5) is 39.6. The van der Waals surface area contributed by atoms with Gasteiger partial charge in [0.1, 0.15) is 17.3 Å². The predicted octanol–water partition coefficient (Wildman–Crippen LogP) is 3.01. The van der Waals surface area contributed by atoms with Gasteiger partial charge in [-0.05, 0) is 22.3 Å². The number of ether oxygens (including phenoxy) is 2. The summed E-state index contributed by atoms with van der Waals surface area (Å²) in [6, 6.07) is 16.2. The van der Waals surface area contributed by atoms with E-state index in [-0.39, 0.29) is 31.3 Å². The molecule has 10 heteroatoms. The van der Waals surface area contributed by atoms with Crippen LogP contribution in [-0.4, -0.2) is 54.4 Å². The van der Waals surface area contributed by atoms with E-state index < -0.39 is 24.1 Å². The number of carbonyl (C=O) groups is 3. The van der Waals surface area contributed by atoms with E-state index in [1.54, 1.807) is 0 Å². The molecule has 0 saturated heterocycles. The van der Waals surface area contributed by atoms with Crippen molar-refractivity contribution >= 4 is 29.3 Å². The van der Waals surface area contributed by atoms with Crippen molar-refractivity contribution in [3.8, 4) is 11.1 Å². The summed E-state index contributed by atoms with van der Waals surface area (Å²) in [5, 5.41) is 16.1. The topological polar surface area (TPSA) is 127 Å². The summed E-state index contributed by atoms with van der Waals surface area (Å²) in [5.41, 5.74) is 4.70. The molecule has 1 aliphatic rings. The second kappa shape index (κ2) is 10.4. The summed E-state index contributed by atoms with van der Waals surface area (Å²) in [7, 11) is 1.25. The molecule has 0 fully saturated rings. The third kappa shape index (κ3) is 5.08. The summed E-state index contributed by atoms with van der Waals surface area (Å²) < 4.78 is 10.3. The van der Waals surface area contributed by atoms with E-state index >= 15 is 0 Å². The molecule has 0 radical (unpaired) electrons. The molecule has 0 spiro atoms. The van der Waals surface area contributed by atoms with Crippen molar-refractivity contribution in [2.45, 2.75) is 18.6 Å². The van der Waals surface area contributed by atoms with Gasteiger partial charge >= 0.3 is 12.1 Å². The number of aliphatic carboxylic acids is 1. The first kappa shape index (κ1) is 23.4. The van der Waals surface area contributed by atoms with Crippen molar-refractivity contribution in [2.24, 2.45) is 0 Å². The molecule has 0 aliphatic heterocycles. The number of benzene rings is 2. The lowest BCUT2D eigenvalue weighted by molar-refractivity contribution is -0.148. The van der Waals surface area contributed by atoms with Crippen LogP contribution in [-0.2, 0) is 20.8 Å². The quantitative estimate of drug-likeness (QED) is 0.429. The zero-order valence-electron chi connectivity index (χ0n) is 18.3. The Hall–Kier alpha value is -3.76. The third-order valence-electron chi connectivity index (χ3n) is 5.52. The third-order valence-corrected chi connectivity index (χ3v) is 6.37. The predicted molar refractivity (Wildman–Crippen MR) is 125 cm³/mol. The molecule has 3 aromatic rings. The van der Waals surface area contributed by atoms with E-state index in [2.05, 4.69) is 39.9 Å². The molecule has 3 N–H and O–H groups in total. The number of carboxylic acid groups (broad SMARTS) is 1. The summed E-state index contributed by atoms with van der Waals surface area (Å²) in [6.45, 7) is 0.121. The van der Waals surface area contributed by atoms with E-state index in [0.29, 0.717) is 5.01 Å². The number of rotatable bonds is 9. The molecule has 0 saturated carbocycles. The van der Waals surface area contributed by atoms with Gasteiger partial charge in [0, 0.05) is 18.4 Å². The first-order valence-electron chi connectivity index (χ1n) is 10.5. The van der Waals surface area contributed by atoms with Gasteiger partial charge in [-0.25, -0.2) is 14.6 Å². The number of thiazole rings is 1. The largest absolute Gasteiger partial charge is 0.479 e. The molecule has 2 amide bonds. The van der Waals surface area contributed by atoms with Crippen LogP contribution in [0, 0.1) is 0 Å². The number of hydrogen-bond acceptors (Lipinski definition) is 7. The average molecular weight is 482 g/mol. The minimum absolute atomic E-state index is 0.0324. The molecular weight excluding hydrogens is 458 g/mol. The normalized spacial score (nSPS) is 13.0. The molecule has 1 atom stereocenters. The fourth-order valence-corrected chi connectivity index (χ4v) is 4.55. The fourth-order valence-electron chi connectivity index (χ4n) is 3.84. The maximum absolute atomic E-state index is 12.3. The minimum atomic E-state index is -1.17. The Morgan fingerprint density at radius 2 is 1.71 bits per heavy atom. The van der Waals surface area contributed by atoms with Crippen molar-refractivity contribution in [3.63, 3.8) is 0 Å². The number of hydrogen-bond donors (Lipinski definition) is 3. The van der Waals surface area contributed by atoms with Gasteiger partial charge in [0.25, 0.3) is 5.91 Å². The number of fused-ring (bicyclic) bond motifs is 3. The minimum Gasteiger partial charge on any atom is -0.479 e. The lowest BCUT2D eigenvalue weighted by Gasteiger charge is -2.14. The molecule has 0 bridgehead atoms. The highest BCUT2D eigenvalue weighted by Crippen LogP contribution is 2.44. The van der Waals surface area contributed by atoms with Gasteiger partial charge < -0.3 is 25.2 Å². The van der Waals surface area contributed by atoms with Crippen LogP contribution in [0.3, 0.4) is 0 Å². The Balaban J connectivity index is 1.28. The van der Waals surface area contributed by atoms with Gasteiger partial charge in [-0.15, -0.1) is 11.3 Å². The summed E-state index contributed by atoms with van der Waals surface area (Å²) >= 11 is 1.20. The Labute approximate surface area is 199 Å².